The molecule has 1 aromatic heterocycles. The van der Waals surface area contributed by atoms with Crippen molar-refractivity contribution in [2.75, 3.05) is 0 Å². The van der Waals surface area contributed by atoms with Crippen LogP contribution in [0.4, 0.5) is 0 Å². The van der Waals surface area contributed by atoms with E-state index in [1.807, 2.05) is 31.2 Å². The first-order valence-corrected chi connectivity index (χ1v) is 7.07. The molecule has 106 valence electrons. The zero-order valence-electron chi connectivity index (χ0n) is 11.2. The van der Waals surface area contributed by atoms with Crippen molar-refractivity contribution in [3.8, 4) is 11.8 Å². The molecule has 0 atom stereocenters. The Labute approximate surface area is 130 Å². The van der Waals surface area contributed by atoms with Gasteiger partial charge in [-0.25, -0.2) is 4.79 Å². The van der Waals surface area contributed by atoms with Crippen LogP contribution in [0.5, 0.6) is 0 Å². The number of benzene rings is 1. The number of hydrogen-bond donors (Lipinski definition) is 2. The molecule has 4 nitrogen and oxygen atoms in total. The van der Waals surface area contributed by atoms with Crippen LogP contribution in [0, 0.1) is 11.8 Å². The standard InChI is InChI=1S/C16H12BrNO3/c1-2-11-13(18-14(9-19)15(11)16(20)21)8-7-10-5-3-4-6-12(10)17/h3-6,9,18H,2H2,1H3,(H,20,21). The van der Waals surface area contributed by atoms with E-state index >= 15 is 0 Å². The zero-order valence-corrected chi connectivity index (χ0v) is 12.8. The highest BCUT2D eigenvalue weighted by molar-refractivity contribution is 9.10. The van der Waals surface area contributed by atoms with Crippen molar-refractivity contribution in [3.63, 3.8) is 0 Å². The number of aromatic amines is 1. The number of aldehydes is 1. The number of hydrogen-bond acceptors (Lipinski definition) is 2. The van der Waals surface area contributed by atoms with Crippen molar-refractivity contribution in [1.82, 2.24) is 4.98 Å². The van der Waals surface area contributed by atoms with Gasteiger partial charge in [-0.2, -0.15) is 0 Å². The van der Waals surface area contributed by atoms with E-state index in [-0.39, 0.29) is 11.3 Å². The number of aromatic carboxylic acids is 1. The average molecular weight is 346 g/mol. The minimum Gasteiger partial charge on any atom is -0.478 e. The Balaban J connectivity index is 2.54. The van der Waals surface area contributed by atoms with Crippen molar-refractivity contribution in [2.45, 2.75) is 13.3 Å². The summed E-state index contributed by atoms with van der Waals surface area (Å²) >= 11 is 3.40. The first kappa shape index (κ1) is 15.1. The van der Waals surface area contributed by atoms with Crippen LogP contribution in [0.3, 0.4) is 0 Å². The molecule has 5 heteroatoms. The third-order valence-corrected chi connectivity index (χ3v) is 3.71. The maximum absolute atomic E-state index is 11.3. The van der Waals surface area contributed by atoms with Crippen LogP contribution in [0.15, 0.2) is 28.7 Å². The molecule has 0 spiro atoms. The molecule has 0 bridgehead atoms. The summed E-state index contributed by atoms with van der Waals surface area (Å²) in [5, 5.41) is 9.22. The molecule has 21 heavy (non-hydrogen) atoms. The number of rotatable bonds is 3. The van der Waals surface area contributed by atoms with Gasteiger partial charge in [-0.3, -0.25) is 4.79 Å². The van der Waals surface area contributed by atoms with Gasteiger partial charge in [0.05, 0.1) is 17.0 Å². The fourth-order valence-electron chi connectivity index (χ4n) is 2.05. The second kappa shape index (κ2) is 6.42. The van der Waals surface area contributed by atoms with Gasteiger partial charge in [0.15, 0.2) is 6.29 Å². The summed E-state index contributed by atoms with van der Waals surface area (Å²) in [5.74, 6) is 4.76. The lowest BCUT2D eigenvalue weighted by atomic mass is 10.1. The largest absolute Gasteiger partial charge is 0.478 e. The van der Waals surface area contributed by atoms with Gasteiger partial charge in [-0.1, -0.05) is 25.0 Å². The van der Waals surface area contributed by atoms with E-state index in [1.54, 1.807) is 0 Å². The number of aromatic nitrogens is 1. The highest BCUT2D eigenvalue weighted by atomic mass is 79.9. The molecular weight excluding hydrogens is 334 g/mol. The second-order valence-corrected chi connectivity index (χ2v) is 5.13. The van der Waals surface area contributed by atoms with Crippen LogP contribution in [-0.4, -0.2) is 22.3 Å². The molecule has 2 N–H and O–H groups in total. The second-order valence-electron chi connectivity index (χ2n) is 4.27. The molecule has 2 aromatic rings. The first-order valence-electron chi connectivity index (χ1n) is 6.28. The van der Waals surface area contributed by atoms with Crippen LogP contribution in [0.2, 0.25) is 0 Å². The van der Waals surface area contributed by atoms with Gasteiger partial charge in [-0.15, -0.1) is 0 Å². The summed E-state index contributed by atoms with van der Waals surface area (Å²) < 4.78 is 0.858. The maximum atomic E-state index is 11.3. The Morgan fingerprint density at radius 3 is 2.67 bits per heavy atom. The molecule has 0 radical (unpaired) electrons. The Morgan fingerprint density at radius 2 is 2.10 bits per heavy atom. The molecular formula is C16H12BrNO3. The number of H-pyrrole nitrogens is 1. The third-order valence-electron chi connectivity index (χ3n) is 3.01. The lowest BCUT2D eigenvalue weighted by Crippen LogP contribution is -2.02. The summed E-state index contributed by atoms with van der Waals surface area (Å²) in [6, 6.07) is 7.47. The zero-order chi connectivity index (χ0) is 15.4. The van der Waals surface area contributed by atoms with E-state index in [1.165, 1.54) is 0 Å². The summed E-state index contributed by atoms with van der Waals surface area (Å²) in [6.45, 7) is 1.83. The van der Waals surface area contributed by atoms with Crippen molar-refractivity contribution in [2.24, 2.45) is 0 Å². The Bertz CT molecular complexity index is 766. The molecule has 0 saturated carbocycles. The summed E-state index contributed by atoms with van der Waals surface area (Å²) in [7, 11) is 0. The van der Waals surface area contributed by atoms with E-state index in [0.717, 1.165) is 10.0 Å². The number of carboxylic acid groups (broad SMARTS) is 1. The highest BCUT2D eigenvalue weighted by Crippen LogP contribution is 2.19. The highest BCUT2D eigenvalue weighted by Gasteiger charge is 2.20. The van der Waals surface area contributed by atoms with Gasteiger partial charge in [0.2, 0.25) is 0 Å². The van der Waals surface area contributed by atoms with Gasteiger partial charge in [0.1, 0.15) is 0 Å². The minimum absolute atomic E-state index is 0.00364. The molecule has 0 aliphatic rings. The predicted octanol–water partition coefficient (Wildman–Crippen LogP) is 3.25. The Morgan fingerprint density at radius 1 is 1.38 bits per heavy atom. The average Bonchev–Trinajstić information content (AvgIpc) is 2.84. The van der Waals surface area contributed by atoms with Gasteiger partial charge in [0, 0.05) is 15.6 Å². The predicted molar refractivity (Wildman–Crippen MR) is 82.6 cm³/mol. The van der Waals surface area contributed by atoms with Crippen LogP contribution in [0.1, 0.15) is 44.6 Å². The molecule has 0 fully saturated rings. The SMILES string of the molecule is CCc1c(C#Cc2ccccc2Br)[nH]c(C=O)c1C(=O)O. The number of carboxylic acids is 1. The van der Waals surface area contributed by atoms with Crippen molar-refractivity contribution in [3.05, 3.63) is 56.8 Å². The molecule has 1 heterocycles. The van der Waals surface area contributed by atoms with Crippen LogP contribution < -0.4 is 0 Å². The van der Waals surface area contributed by atoms with E-state index in [4.69, 9.17) is 0 Å². The Kier molecular flexibility index (Phi) is 4.61. The number of carbonyl (C=O) groups excluding carboxylic acids is 1. The molecule has 0 saturated heterocycles. The molecule has 0 amide bonds. The fraction of sp³-hybridized carbons (Fsp3) is 0.125. The molecule has 0 unspecified atom stereocenters. The Hall–Kier alpha value is -2.32. The molecule has 0 aliphatic heterocycles. The third kappa shape index (κ3) is 3.06. The monoisotopic (exact) mass is 345 g/mol. The fourth-order valence-corrected chi connectivity index (χ4v) is 2.43. The first-order chi connectivity index (χ1) is 10.1. The van der Waals surface area contributed by atoms with Gasteiger partial charge in [0.25, 0.3) is 0 Å². The van der Waals surface area contributed by atoms with E-state index in [9.17, 15) is 14.7 Å². The van der Waals surface area contributed by atoms with E-state index in [2.05, 4.69) is 32.8 Å². The van der Waals surface area contributed by atoms with Crippen molar-refractivity contribution >= 4 is 28.2 Å². The van der Waals surface area contributed by atoms with Gasteiger partial charge >= 0.3 is 5.97 Å². The smallest absolute Gasteiger partial charge is 0.338 e. The molecule has 1 aromatic carbocycles. The summed E-state index contributed by atoms with van der Waals surface area (Å²) in [6.07, 6.45) is 0.984. The lowest BCUT2D eigenvalue weighted by Gasteiger charge is -1.97. The maximum Gasteiger partial charge on any atom is 0.338 e. The minimum atomic E-state index is -1.13. The number of nitrogens with one attached hydrogen (secondary N) is 1. The summed E-state index contributed by atoms with van der Waals surface area (Å²) in [4.78, 5) is 25.0. The normalized spacial score (nSPS) is 9.81. The van der Waals surface area contributed by atoms with Gasteiger partial charge in [-0.05, 0) is 40.4 Å². The molecule has 0 aliphatic carbocycles. The topological polar surface area (TPSA) is 70.2 Å². The van der Waals surface area contributed by atoms with Gasteiger partial charge < -0.3 is 10.1 Å². The van der Waals surface area contributed by atoms with Crippen molar-refractivity contribution in [1.29, 1.82) is 0 Å². The summed E-state index contributed by atoms with van der Waals surface area (Å²) in [5.41, 5.74) is 1.86. The van der Waals surface area contributed by atoms with E-state index in [0.29, 0.717) is 24.0 Å². The lowest BCUT2D eigenvalue weighted by molar-refractivity contribution is 0.0693. The van der Waals surface area contributed by atoms with E-state index < -0.39 is 5.97 Å². The quantitative estimate of drug-likeness (QED) is 0.662. The number of carbonyl (C=O) groups is 2. The van der Waals surface area contributed by atoms with Crippen molar-refractivity contribution < 1.29 is 14.7 Å². The van der Waals surface area contributed by atoms with Crippen LogP contribution in [0.25, 0.3) is 0 Å². The molecule has 2 rings (SSSR count). The number of halogens is 1. The van der Waals surface area contributed by atoms with Crippen LogP contribution >= 0.6 is 15.9 Å². The van der Waals surface area contributed by atoms with Crippen LogP contribution in [-0.2, 0) is 6.42 Å².